The first kappa shape index (κ1) is 11.6. The van der Waals surface area contributed by atoms with Crippen molar-refractivity contribution in [3.8, 4) is 0 Å². The fraction of sp³-hybridized carbons (Fsp3) is 0.385. The van der Waals surface area contributed by atoms with Crippen molar-refractivity contribution in [1.82, 2.24) is 0 Å². The van der Waals surface area contributed by atoms with E-state index in [4.69, 9.17) is 0 Å². The van der Waals surface area contributed by atoms with Crippen molar-refractivity contribution in [2.24, 2.45) is 0 Å². The summed E-state index contributed by atoms with van der Waals surface area (Å²) < 4.78 is 0. The molecule has 0 unspecified atom stereocenters. The minimum absolute atomic E-state index is 0.0224. The number of carbonyl (C=O) groups excluding carboxylic acids is 2. The van der Waals surface area contributed by atoms with E-state index in [1.807, 2.05) is 31.2 Å². The molecule has 1 aromatic carbocycles. The van der Waals surface area contributed by atoms with Crippen LogP contribution in [0.2, 0.25) is 0 Å². The number of nitrogens with one attached hydrogen (secondary N) is 1. The number of unbranched alkanes of at least 4 members (excludes halogenated alkanes) is 1. The molecule has 1 aliphatic rings. The summed E-state index contributed by atoms with van der Waals surface area (Å²) in [7, 11) is 0. The van der Waals surface area contributed by atoms with Crippen LogP contribution < -0.4 is 10.2 Å². The lowest BCUT2D eigenvalue weighted by molar-refractivity contribution is -0.122. The van der Waals surface area contributed by atoms with Gasteiger partial charge in [-0.25, -0.2) is 0 Å². The Morgan fingerprint density at radius 1 is 1.41 bits per heavy atom. The van der Waals surface area contributed by atoms with E-state index in [2.05, 4.69) is 5.32 Å². The Balaban J connectivity index is 2.23. The van der Waals surface area contributed by atoms with Gasteiger partial charge in [0.1, 0.15) is 6.54 Å². The highest BCUT2D eigenvalue weighted by Crippen LogP contribution is 2.29. The van der Waals surface area contributed by atoms with E-state index in [1.54, 1.807) is 4.90 Å². The van der Waals surface area contributed by atoms with Crippen molar-refractivity contribution < 1.29 is 9.59 Å². The Kier molecular flexibility index (Phi) is 3.42. The molecule has 0 radical (unpaired) electrons. The van der Waals surface area contributed by atoms with Crippen molar-refractivity contribution in [3.63, 3.8) is 0 Å². The number of hydrogen-bond acceptors (Lipinski definition) is 2. The third-order valence-electron chi connectivity index (χ3n) is 2.82. The second-order valence-electron chi connectivity index (χ2n) is 4.15. The van der Waals surface area contributed by atoms with Gasteiger partial charge in [0.2, 0.25) is 11.8 Å². The second-order valence-corrected chi connectivity index (χ2v) is 4.15. The van der Waals surface area contributed by atoms with Crippen LogP contribution in [0.3, 0.4) is 0 Å². The van der Waals surface area contributed by atoms with Gasteiger partial charge in [0.05, 0.1) is 11.4 Å². The zero-order valence-electron chi connectivity index (χ0n) is 9.90. The molecule has 0 aliphatic carbocycles. The van der Waals surface area contributed by atoms with E-state index in [0.29, 0.717) is 12.1 Å². The topological polar surface area (TPSA) is 49.4 Å². The minimum Gasteiger partial charge on any atom is -0.323 e. The maximum absolute atomic E-state index is 12.0. The molecule has 2 rings (SSSR count). The lowest BCUT2D eigenvalue weighted by Gasteiger charge is -2.29. The zero-order chi connectivity index (χ0) is 12.3. The second kappa shape index (κ2) is 4.99. The Hall–Kier alpha value is -1.84. The van der Waals surface area contributed by atoms with Crippen LogP contribution in [-0.4, -0.2) is 18.4 Å². The van der Waals surface area contributed by atoms with Gasteiger partial charge in [0.15, 0.2) is 0 Å². The van der Waals surface area contributed by atoms with E-state index in [-0.39, 0.29) is 18.4 Å². The number of nitrogens with zero attached hydrogens (tertiary/aromatic N) is 1. The van der Waals surface area contributed by atoms with Crippen molar-refractivity contribution in [2.45, 2.75) is 26.2 Å². The minimum atomic E-state index is -0.131. The largest absolute Gasteiger partial charge is 0.323 e. The number of para-hydroxylation sites is 2. The molecule has 1 heterocycles. The first-order valence-electron chi connectivity index (χ1n) is 5.91. The Morgan fingerprint density at radius 2 is 2.18 bits per heavy atom. The molecule has 0 saturated carbocycles. The lowest BCUT2D eigenvalue weighted by Crippen LogP contribution is -2.42. The molecular weight excluding hydrogens is 216 g/mol. The summed E-state index contributed by atoms with van der Waals surface area (Å²) >= 11 is 0. The van der Waals surface area contributed by atoms with Gasteiger partial charge >= 0.3 is 0 Å². The number of benzene rings is 1. The molecular formula is C13H16N2O2. The number of amides is 2. The van der Waals surface area contributed by atoms with Crippen LogP contribution in [0.15, 0.2) is 24.3 Å². The molecule has 0 bridgehead atoms. The van der Waals surface area contributed by atoms with Crippen molar-refractivity contribution in [1.29, 1.82) is 0 Å². The third-order valence-corrected chi connectivity index (χ3v) is 2.82. The van der Waals surface area contributed by atoms with Gasteiger partial charge in [-0.15, -0.1) is 0 Å². The molecule has 0 saturated heterocycles. The van der Waals surface area contributed by atoms with E-state index in [0.717, 1.165) is 18.5 Å². The van der Waals surface area contributed by atoms with Crippen LogP contribution in [0.1, 0.15) is 26.2 Å². The lowest BCUT2D eigenvalue weighted by atomic mass is 10.1. The average molecular weight is 232 g/mol. The van der Waals surface area contributed by atoms with E-state index in [1.165, 1.54) is 0 Å². The van der Waals surface area contributed by atoms with Crippen molar-refractivity contribution >= 4 is 23.2 Å². The number of hydrogen-bond donors (Lipinski definition) is 1. The average Bonchev–Trinajstić information content (AvgIpc) is 2.34. The van der Waals surface area contributed by atoms with Crippen LogP contribution in [0.5, 0.6) is 0 Å². The standard InChI is InChI=1S/C13H16N2O2/c1-2-3-8-13(17)15-9-12(16)14-10-6-4-5-7-11(10)15/h4-7H,2-3,8-9H2,1H3,(H,14,16). The summed E-state index contributed by atoms with van der Waals surface area (Å²) in [5, 5.41) is 2.77. The predicted octanol–water partition coefficient (Wildman–Crippen LogP) is 2.16. The molecule has 0 aromatic heterocycles. The molecule has 90 valence electrons. The van der Waals surface area contributed by atoms with Crippen LogP contribution >= 0.6 is 0 Å². The summed E-state index contributed by atoms with van der Waals surface area (Å²) in [4.78, 5) is 25.1. The van der Waals surface area contributed by atoms with E-state index < -0.39 is 0 Å². The Morgan fingerprint density at radius 3 is 2.94 bits per heavy atom. The summed E-state index contributed by atoms with van der Waals surface area (Å²) in [6.07, 6.45) is 2.34. The van der Waals surface area contributed by atoms with Crippen LogP contribution in [-0.2, 0) is 9.59 Å². The van der Waals surface area contributed by atoms with Gasteiger partial charge in [-0.2, -0.15) is 0 Å². The molecule has 1 N–H and O–H groups in total. The maximum atomic E-state index is 12.0. The summed E-state index contributed by atoms with van der Waals surface area (Å²) in [5.41, 5.74) is 1.52. The monoisotopic (exact) mass is 232 g/mol. The fourth-order valence-corrected chi connectivity index (χ4v) is 1.92. The first-order valence-corrected chi connectivity index (χ1v) is 5.91. The summed E-state index contributed by atoms with van der Waals surface area (Å²) in [6, 6.07) is 7.39. The van der Waals surface area contributed by atoms with E-state index >= 15 is 0 Å². The zero-order valence-corrected chi connectivity index (χ0v) is 9.90. The molecule has 4 nitrogen and oxygen atoms in total. The number of carbonyl (C=O) groups is 2. The van der Waals surface area contributed by atoms with Gasteiger partial charge in [-0.3, -0.25) is 9.59 Å². The molecule has 0 atom stereocenters. The van der Waals surface area contributed by atoms with Crippen LogP contribution in [0.25, 0.3) is 0 Å². The Bertz CT molecular complexity index is 443. The Labute approximate surface area is 101 Å². The van der Waals surface area contributed by atoms with Gasteiger partial charge in [0.25, 0.3) is 0 Å². The van der Waals surface area contributed by atoms with Crippen molar-refractivity contribution in [2.75, 3.05) is 16.8 Å². The molecule has 0 fully saturated rings. The van der Waals surface area contributed by atoms with Gasteiger partial charge < -0.3 is 10.2 Å². The highest BCUT2D eigenvalue weighted by Gasteiger charge is 2.25. The fourth-order valence-electron chi connectivity index (χ4n) is 1.92. The maximum Gasteiger partial charge on any atom is 0.244 e. The molecule has 2 amide bonds. The number of fused-ring (bicyclic) bond motifs is 1. The molecule has 1 aliphatic heterocycles. The smallest absolute Gasteiger partial charge is 0.244 e. The van der Waals surface area contributed by atoms with Crippen molar-refractivity contribution in [3.05, 3.63) is 24.3 Å². The summed E-state index contributed by atoms with van der Waals surface area (Å²) in [6.45, 7) is 2.17. The van der Waals surface area contributed by atoms with E-state index in [9.17, 15) is 9.59 Å². The molecule has 4 heteroatoms. The predicted molar refractivity (Wildman–Crippen MR) is 66.9 cm³/mol. The van der Waals surface area contributed by atoms with Crippen LogP contribution in [0, 0.1) is 0 Å². The molecule has 17 heavy (non-hydrogen) atoms. The van der Waals surface area contributed by atoms with Crippen LogP contribution in [0.4, 0.5) is 11.4 Å². The third kappa shape index (κ3) is 2.46. The normalized spacial score (nSPS) is 14.2. The quantitative estimate of drug-likeness (QED) is 0.868. The first-order chi connectivity index (χ1) is 8.22. The highest BCUT2D eigenvalue weighted by atomic mass is 16.2. The van der Waals surface area contributed by atoms with Gasteiger partial charge in [-0.1, -0.05) is 25.5 Å². The van der Waals surface area contributed by atoms with Gasteiger partial charge in [0, 0.05) is 6.42 Å². The van der Waals surface area contributed by atoms with Gasteiger partial charge in [-0.05, 0) is 18.6 Å². The highest BCUT2D eigenvalue weighted by molar-refractivity contribution is 6.09. The number of rotatable bonds is 3. The molecule has 0 spiro atoms. The number of anilines is 2. The SMILES string of the molecule is CCCCC(=O)N1CC(=O)Nc2ccccc21. The molecule has 1 aromatic rings. The summed E-state index contributed by atoms with van der Waals surface area (Å²) in [5.74, 6) is -0.109.